The number of nitrogens with zero attached hydrogens (tertiary/aromatic N) is 5. The van der Waals surface area contributed by atoms with E-state index in [-0.39, 0.29) is 0 Å². The fourth-order valence-electron chi connectivity index (χ4n) is 3.72. The van der Waals surface area contributed by atoms with Gasteiger partial charge >= 0.3 is 0 Å². The molecule has 27 heavy (non-hydrogen) atoms. The minimum atomic E-state index is 0.950. The minimum absolute atomic E-state index is 0.950. The summed E-state index contributed by atoms with van der Waals surface area (Å²) >= 11 is 0. The van der Waals surface area contributed by atoms with E-state index in [1.165, 1.54) is 10.9 Å². The van der Waals surface area contributed by atoms with E-state index in [2.05, 4.69) is 44.0 Å². The molecular weight excluding hydrogens is 334 g/mol. The molecule has 0 saturated carbocycles. The second kappa shape index (κ2) is 6.93. The maximum atomic E-state index is 4.78. The van der Waals surface area contributed by atoms with Crippen LogP contribution in [0.1, 0.15) is 5.56 Å². The number of piperazine rings is 1. The molecule has 1 fully saturated rings. The Balaban J connectivity index is 1.26. The van der Waals surface area contributed by atoms with Gasteiger partial charge in [-0.05, 0) is 35.9 Å². The van der Waals surface area contributed by atoms with E-state index in [1.807, 2.05) is 42.7 Å². The van der Waals surface area contributed by atoms with Crippen molar-refractivity contribution in [1.82, 2.24) is 19.9 Å². The van der Waals surface area contributed by atoms with Crippen molar-refractivity contribution in [2.24, 2.45) is 0 Å². The van der Waals surface area contributed by atoms with Crippen LogP contribution >= 0.6 is 0 Å². The molecule has 0 aliphatic carbocycles. The molecule has 0 spiro atoms. The highest BCUT2D eigenvalue weighted by atomic mass is 15.3. The molecule has 1 aliphatic heterocycles. The van der Waals surface area contributed by atoms with E-state index in [0.29, 0.717) is 0 Å². The van der Waals surface area contributed by atoms with E-state index in [4.69, 9.17) is 4.98 Å². The van der Waals surface area contributed by atoms with E-state index in [9.17, 15) is 0 Å². The third-order valence-electron chi connectivity index (χ3n) is 5.21. The SMILES string of the molecule is c1cnc2ccc(CN3CCN(c4cnc5ccccc5n4)CC3)cc2c1. The lowest BCUT2D eigenvalue weighted by Crippen LogP contribution is -2.46. The number of anilines is 1. The predicted octanol–water partition coefficient (Wildman–Crippen LogP) is 3.50. The van der Waals surface area contributed by atoms with Gasteiger partial charge < -0.3 is 4.90 Å². The van der Waals surface area contributed by atoms with Crippen LogP contribution in [0.5, 0.6) is 0 Å². The summed E-state index contributed by atoms with van der Waals surface area (Å²) in [6.07, 6.45) is 3.74. The van der Waals surface area contributed by atoms with Crippen LogP contribution in [0.2, 0.25) is 0 Å². The number of pyridine rings is 1. The average Bonchev–Trinajstić information content (AvgIpc) is 2.74. The molecule has 1 aliphatic rings. The van der Waals surface area contributed by atoms with Crippen molar-refractivity contribution in [3.05, 3.63) is 72.6 Å². The monoisotopic (exact) mass is 355 g/mol. The predicted molar refractivity (Wildman–Crippen MR) is 109 cm³/mol. The first-order valence-corrected chi connectivity index (χ1v) is 9.38. The van der Waals surface area contributed by atoms with Crippen LogP contribution in [0.4, 0.5) is 5.82 Å². The summed E-state index contributed by atoms with van der Waals surface area (Å²) in [5.41, 5.74) is 4.31. The summed E-state index contributed by atoms with van der Waals surface area (Å²) in [4.78, 5) is 18.6. The number of hydrogen-bond acceptors (Lipinski definition) is 5. The van der Waals surface area contributed by atoms with Gasteiger partial charge in [-0.15, -0.1) is 0 Å². The number of para-hydroxylation sites is 2. The van der Waals surface area contributed by atoms with Gasteiger partial charge in [0.1, 0.15) is 5.82 Å². The number of hydrogen-bond donors (Lipinski definition) is 0. The third kappa shape index (κ3) is 3.34. The highest BCUT2D eigenvalue weighted by Crippen LogP contribution is 2.19. The molecule has 1 saturated heterocycles. The van der Waals surface area contributed by atoms with Crippen molar-refractivity contribution in [3.8, 4) is 0 Å². The number of rotatable bonds is 3. The zero-order valence-corrected chi connectivity index (χ0v) is 15.1. The normalized spacial score (nSPS) is 15.5. The molecule has 5 rings (SSSR count). The second-order valence-electron chi connectivity index (χ2n) is 7.01. The summed E-state index contributed by atoms with van der Waals surface area (Å²) in [7, 11) is 0. The molecule has 0 amide bonds. The Hall–Kier alpha value is -3.05. The quantitative estimate of drug-likeness (QED) is 0.563. The largest absolute Gasteiger partial charge is 0.353 e. The van der Waals surface area contributed by atoms with E-state index < -0.39 is 0 Å². The van der Waals surface area contributed by atoms with Crippen molar-refractivity contribution in [2.45, 2.75) is 6.54 Å². The molecule has 2 aromatic heterocycles. The van der Waals surface area contributed by atoms with Crippen molar-refractivity contribution in [2.75, 3.05) is 31.1 Å². The van der Waals surface area contributed by atoms with Crippen molar-refractivity contribution >= 4 is 27.8 Å². The zero-order valence-electron chi connectivity index (χ0n) is 15.1. The first-order chi connectivity index (χ1) is 13.3. The summed E-state index contributed by atoms with van der Waals surface area (Å²) in [5, 5.41) is 1.21. The average molecular weight is 355 g/mol. The fourth-order valence-corrected chi connectivity index (χ4v) is 3.72. The maximum absolute atomic E-state index is 4.78. The van der Waals surface area contributed by atoms with Crippen molar-refractivity contribution < 1.29 is 0 Å². The zero-order chi connectivity index (χ0) is 18.1. The number of fused-ring (bicyclic) bond motifs is 2. The van der Waals surface area contributed by atoms with Crippen molar-refractivity contribution in [1.29, 1.82) is 0 Å². The summed E-state index contributed by atoms with van der Waals surface area (Å²) < 4.78 is 0. The highest BCUT2D eigenvalue weighted by Gasteiger charge is 2.18. The minimum Gasteiger partial charge on any atom is -0.353 e. The van der Waals surface area contributed by atoms with Crippen LogP contribution in [0.25, 0.3) is 21.9 Å². The van der Waals surface area contributed by atoms with Gasteiger partial charge in [-0.25, -0.2) is 4.98 Å². The first-order valence-electron chi connectivity index (χ1n) is 9.38. The lowest BCUT2D eigenvalue weighted by atomic mass is 10.1. The molecule has 2 aromatic carbocycles. The van der Waals surface area contributed by atoms with Crippen LogP contribution in [0.3, 0.4) is 0 Å². The molecule has 0 bridgehead atoms. The Morgan fingerprint density at radius 3 is 2.52 bits per heavy atom. The van der Waals surface area contributed by atoms with Crippen LogP contribution in [0, 0.1) is 0 Å². The summed E-state index contributed by atoms with van der Waals surface area (Å²) in [6, 6.07) is 18.7. The highest BCUT2D eigenvalue weighted by molar-refractivity contribution is 5.79. The first kappa shape index (κ1) is 16.1. The Morgan fingerprint density at radius 2 is 1.63 bits per heavy atom. The van der Waals surface area contributed by atoms with Gasteiger partial charge in [-0.1, -0.05) is 24.3 Å². The molecule has 134 valence electrons. The van der Waals surface area contributed by atoms with Gasteiger partial charge in [-0.3, -0.25) is 14.9 Å². The van der Waals surface area contributed by atoms with Gasteiger partial charge in [0.25, 0.3) is 0 Å². The third-order valence-corrected chi connectivity index (χ3v) is 5.21. The van der Waals surface area contributed by atoms with Gasteiger partial charge in [-0.2, -0.15) is 0 Å². The smallest absolute Gasteiger partial charge is 0.147 e. The van der Waals surface area contributed by atoms with Gasteiger partial charge in [0, 0.05) is 44.3 Å². The molecule has 5 nitrogen and oxygen atoms in total. The Morgan fingerprint density at radius 1 is 0.778 bits per heavy atom. The second-order valence-corrected chi connectivity index (χ2v) is 7.01. The molecule has 0 atom stereocenters. The number of aromatic nitrogens is 3. The lowest BCUT2D eigenvalue weighted by molar-refractivity contribution is 0.249. The molecule has 4 aromatic rings. The van der Waals surface area contributed by atoms with Crippen LogP contribution in [0.15, 0.2) is 67.0 Å². The standard InChI is InChI=1S/C22H21N5/c1-2-6-21-20(5-1)24-15-22(25-21)27-12-10-26(11-13-27)16-17-7-8-19-18(14-17)4-3-9-23-19/h1-9,14-15H,10-13,16H2. The Bertz CT molecular complexity index is 1090. The topological polar surface area (TPSA) is 45.2 Å². The molecule has 5 heteroatoms. The van der Waals surface area contributed by atoms with E-state index in [0.717, 1.165) is 55.1 Å². The summed E-state index contributed by atoms with van der Waals surface area (Å²) in [5.74, 6) is 0.977. The molecule has 0 N–H and O–H groups in total. The Kier molecular flexibility index (Phi) is 4.14. The van der Waals surface area contributed by atoms with Crippen molar-refractivity contribution in [3.63, 3.8) is 0 Å². The van der Waals surface area contributed by atoms with Crippen LogP contribution in [-0.4, -0.2) is 46.0 Å². The molecule has 0 unspecified atom stereocenters. The van der Waals surface area contributed by atoms with Gasteiger partial charge in [0.2, 0.25) is 0 Å². The molecule has 3 heterocycles. The fraction of sp³-hybridized carbons (Fsp3) is 0.227. The van der Waals surface area contributed by atoms with Crippen LogP contribution in [-0.2, 0) is 6.54 Å². The lowest BCUT2D eigenvalue weighted by Gasteiger charge is -2.35. The van der Waals surface area contributed by atoms with Gasteiger partial charge in [0.15, 0.2) is 0 Å². The van der Waals surface area contributed by atoms with E-state index in [1.54, 1.807) is 0 Å². The summed E-state index contributed by atoms with van der Waals surface area (Å²) in [6.45, 7) is 4.98. The van der Waals surface area contributed by atoms with Gasteiger partial charge in [0.05, 0.1) is 22.7 Å². The Labute approximate surface area is 158 Å². The maximum Gasteiger partial charge on any atom is 0.147 e. The van der Waals surface area contributed by atoms with Crippen LogP contribution < -0.4 is 4.90 Å². The molecular formula is C22H21N5. The number of benzene rings is 2. The van der Waals surface area contributed by atoms with E-state index >= 15 is 0 Å². The molecule has 0 radical (unpaired) electrons.